The van der Waals surface area contributed by atoms with E-state index in [1.54, 1.807) is 18.2 Å². The molecular formula is C15H13F2NO2. The van der Waals surface area contributed by atoms with Crippen LogP contribution in [-0.2, 0) is 0 Å². The van der Waals surface area contributed by atoms with Gasteiger partial charge in [-0.15, -0.1) is 0 Å². The van der Waals surface area contributed by atoms with E-state index >= 15 is 0 Å². The second-order valence-electron chi connectivity index (χ2n) is 4.49. The van der Waals surface area contributed by atoms with E-state index in [2.05, 4.69) is 0 Å². The Balaban J connectivity index is 2.50. The van der Waals surface area contributed by atoms with Crippen LogP contribution in [0.15, 0.2) is 36.4 Å². The zero-order valence-electron chi connectivity index (χ0n) is 11.0. The van der Waals surface area contributed by atoms with Crippen molar-refractivity contribution in [2.24, 2.45) is 0 Å². The van der Waals surface area contributed by atoms with Crippen LogP contribution in [0.1, 0.15) is 15.9 Å². The molecule has 0 atom stereocenters. The van der Waals surface area contributed by atoms with E-state index in [1.165, 1.54) is 11.9 Å². The van der Waals surface area contributed by atoms with Gasteiger partial charge >= 0.3 is 5.97 Å². The molecule has 2 aromatic carbocycles. The molecule has 0 saturated heterocycles. The highest BCUT2D eigenvalue weighted by Gasteiger charge is 2.18. The summed E-state index contributed by atoms with van der Waals surface area (Å²) in [5, 5.41) is 8.77. The van der Waals surface area contributed by atoms with Crippen LogP contribution in [0.25, 0.3) is 0 Å². The Kier molecular flexibility index (Phi) is 3.70. The Labute approximate surface area is 115 Å². The molecule has 0 aliphatic rings. The smallest absolute Gasteiger partial charge is 0.335 e. The quantitative estimate of drug-likeness (QED) is 0.929. The highest BCUT2D eigenvalue weighted by Crippen LogP contribution is 2.30. The molecule has 0 saturated carbocycles. The summed E-state index contributed by atoms with van der Waals surface area (Å²) in [5.41, 5.74) is 0.880. The van der Waals surface area contributed by atoms with Crippen molar-refractivity contribution in [1.82, 2.24) is 0 Å². The molecule has 0 amide bonds. The van der Waals surface area contributed by atoms with Gasteiger partial charge in [-0.05, 0) is 36.8 Å². The second-order valence-corrected chi connectivity index (χ2v) is 4.49. The van der Waals surface area contributed by atoms with E-state index in [4.69, 9.17) is 5.11 Å². The van der Waals surface area contributed by atoms with Gasteiger partial charge in [0.2, 0.25) is 0 Å². The number of halogens is 2. The van der Waals surface area contributed by atoms with Crippen LogP contribution < -0.4 is 4.90 Å². The van der Waals surface area contributed by atoms with Crippen molar-refractivity contribution in [3.63, 3.8) is 0 Å². The Morgan fingerprint density at radius 2 is 1.75 bits per heavy atom. The number of aromatic carboxylic acids is 1. The SMILES string of the molecule is Cc1cccc(N(C)c2c(F)cc(C(=O)O)cc2F)c1. The number of nitrogens with zero attached hydrogens (tertiary/aromatic N) is 1. The molecule has 0 unspecified atom stereocenters. The third-order valence-corrected chi connectivity index (χ3v) is 2.99. The molecule has 2 rings (SSSR count). The standard InChI is InChI=1S/C15H13F2NO2/c1-9-4-3-5-11(6-9)18(2)14-12(16)7-10(15(19)20)8-13(14)17/h3-8H,1-2H3,(H,19,20). The number of hydrogen-bond acceptors (Lipinski definition) is 2. The molecule has 5 heteroatoms. The molecule has 20 heavy (non-hydrogen) atoms. The van der Waals surface area contributed by atoms with Crippen molar-refractivity contribution in [2.45, 2.75) is 6.92 Å². The number of aryl methyl sites for hydroxylation is 1. The van der Waals surface area contributed by atoms with Crippen LogP contribution in [0.3, 0.4) is 0 Å². The molecule has 0 radical (unpaired) electrons. The third-order valence-electron chi connectivity index (χ3n) is 2.99. The fourth-order valence-electron chi connectivity index (χ4n) is 1.98. The first-order chi connectivity index (χ1) is 9.40. The summed E-state index contributed by atoms with van der Waals surface area (Å²) >= 11 is 0. The molecule has 0 aliphatic heterocycles. The Bertz CT molecular complexity index is 648. The molecule has 1 N–H and O–H groups in total. The van der Waals surface area contributed by atoms with E-state index in [1.807, 2.05) is 13.0 Å². The average Bonchev–Trinajstić information content (AvgIpc) is 2.37. The van der Waals surface area contributed by atoms with Crippen LogP contribution in [0.2, 0.25) is 0 Å². The summed E-state index contributed by atoms with van der Waals surface area (Å²) in [4.78, 5) is 12.1. The zero-order chi connectivity index (χ0) is 14.9. The number of hydrogen-bond donors (Lipinski definition) is 1. The van der Waals surface area contributed by atoms with Crippen LogP contribution in [-0.4, -0.2) is 18.1 Å². The van der Waals surface area contributed by atoms with Crippen molar-refractivity contribution in [3.05, 3.63) is 59.2 Å². The first-order valence-corrected chi connectivity index (χ1v) is 5.93. The van der Waals surface area contributed by atoms with E-state index in [9.17, 15) is 13.6 Å². The topological polar surface area (TPSA) is 40.5 Å². The van der Waals surface area contributed by atoms with Gasteiger partial charge in [0.25, 0.3) is 0 Å². The van der Waals surface area contributed by atoms with Crippen molar-refractivity contribution in [3.8, 4) is 0 Å². The summed E-state index contributed by atoms with van der Waals surface area (Å²) in [6.07, 6.45) is 0. The van der Waals surface area contributed by atoms with E-state index in [0.717, 1.165) is 17.7 Å². The highest BCUT2D eigenvalue weighted by atomic mass is 19.1. The lowest BCUT2D eigenvalue weighted by molar-refractivity contribution is 0.0696. The van der Waals surface area contributed by atoms with Crippen LogP contribution >= 0.6 is 0 Å². The minimum Gasteiger partial charge on any atom is -0.478 e. The van der Waals surface area contributed by atoms with Gasteiger partial charge in [-0.25, -0.2) is 13.6 Å². The lowest BCUT2D eigenvalue weighted by Gasteiger charge is -2.21. The normalized spacial score (nSPS) is 10.4. The third kappa shape index (κ3) is 2.61. The predicted molar refractivity (Wildman–Crippen MR) is 72.6 cm³/mol. The summed E-state index contributed by atoms with van der Waals surface area (Å²) in [5.74, 6) is -3.19. The van der Waals surface area contributed by atoms with Gasteiger partial charge in [0.15, 0.2) is 11.6 Å². The summed E-state index contributed by atoms with van der Waals surface area (Å²) in [6.45, 7) is 1.87. The van der Waals surface area contributed by atoms with Crippen molar-refractivity contribution in [1.29, 1.82) is 0 Å². The molecule has 0 spiro atoms. The molecule has 0 aromatic heterocycles. The first-order valence-electron chi connectivity index (χ1n) is 5.93. The minimum atomic E-state index is -1.37. The fraction of sp³-hybridized carbons (Fsp3) is 0.133. The molecule has 0 fully saturated rings. The molecule has 0 bridgehead atoms. The maximum absolute atomic E-state index is 14.0. The minimum absolute atomic E-state index is 0.277. The average molecular weight is 277 g/mol. The fourth-order valence-corrected chi connectivity index (χ4v) is 1.98. The number of anilines is 2. The largest absolute Gasteiger partial charge is 0.478 e. The number of carboxylic acids is 1. The van der Waals surface area contributed by atoms with Gasteiger partial charge in [0, 0.05) is 12.7 Å². The molecule has 2 aromatic rings. The number of benzene rings is 2. The Morgan fingerprint density at radius 3 is 2.25 bits per heavy atom. The molecule has 104 valence electrons. The van der Waals surface area contributed by atoms with E-state index < -0.39 is 23.2 Å². The first kappa shape index (κ1) is 14.0. The summed E-state index contributed by atoms with van der Waals surface area (Å²) < 4.78 is 27.9. The van der Waals surface area contributed by atoms with Crippen LogP contribution in [0.5, 0.6) is 0 Å². The van der Waals surface area contributed by atoms with Crippen molar-refractivity contribution in [2.75, 3.05) is 11.9 Å². The van der Waals surface area contributed by atoms with Gasteiger partial charge in [-0.1, -0.05) is 12.1 Å². The highest BCUT2D eigenvalue weighted by molar-refractivity contribution is 5.88. The van der Waals surface area contributed by atoms with Gasteiger partial charge in [-0.3, -0.25) is 0 Å². The summed E-state index contributed by atoms with van der Waals surface area (Å²) in [6, 6.07) is 8.78. The number of carbonyl (C=O) groups is 1. The maximum Gasteiger partial charge on any atom is 0.335 e. The lowest BCUT2D eigenvalue weighted by Crippen LogP contribution is -2.14. The van der Waals surface area contributed by atoms with Crippen molar-refractivity contribution >= 4 is 17.3 Å². The Hall–Kier alpha value is -2.43. The second kappa shape index (κ2) is 5.28. The molecule has 3 nitrogen and oxygen atoms in total. The van der Waals surface area contributed by atoms with Crippen LogP contribution in [0, 0.1) is 18.6 Å². The Morgan fingerprint density at radius 1 is 1.15 bits per heavy atom. The van der Waals surface area contributed by atoms with Gasteiger partial charge in [0.1, 0.15) is 5.69 Å². The van der Waals surface area contributed by atoms with Gasteiger partial charge in [-0.2, -0.15) is 0 Å². The molecule has 0 aliphatic carbocycles. The maximum atomic E-state index is 14.0. The van der Waals surface area contributed by atoms with E-state index in [-0.39, 0.29) is 5.69 Å². The lowest BCUT2D eigenvalue weighted by atomic mass is 10.1. The number of carboxylic acid groups (broad SMARTS) is 1. The number of rotatable bonds is 3. The molecular weight excluding hydrogens is 264 g/mol. The van der Waals surface area contributed by atoms with E-state index in [0.29, 0.717) is 5.69 Å². The summed E-state index contributed by atoms with van der Waals surface area (Å²) in [7, 11) is 1.52. The zero-order valence-corrected chi connectivity index (χ0v) is 11.0. The molecule has 0 heterocycles. The van der Waals surface area contributed by atoms with Crippen LogP contribution in [0.4, 0.5) is 20.2 Å². The van der Waals surface area contributed by atoms with Crippen molar-refractivity contribution < 1.29 is 18.7 Å². The van der Waals surface area contributed by atoms with Gasteiger partial charge in [0.05, 0.1) is 5.56 Å². The van der Waals surface area contributed by atoms with Gasteiger partial charge < -0.3 is 10.0 Å². The predicted octanol–water partition coefficient (Wildman–Crippen LogP) is 3.74. The monoisotopic (exact) mass is 277 g/mol.